The Morgan fingerprint density at radius 1 is 0.950 bits per heavy atom. The molecule has 0 fully saturated rings. The molecule has 7 heteroatoms. The molecular formula is C13H24N2O4Si. The van der Waals surface area contributed by atoms with Gasteiger partial charge in [0.15, 0.2) is 0 Å². The number of ether oxygens (including phenoxy) is 1. The zero-order valence-corrected chi connectivity index (χ0v) is 13.5. The first kappa shape index (κ1) is 17.0. The highest BCUT2D eigenvalue weighted by Gasteiger charge is 2.39. The van der Waals surface area contributed by atoms with Gasteiger partial charge < -0.3 is 18.0 Å². The van der Waals surface area contributed by atoms with Crippen LogP contribution in [0.15, 0.2) is 18.5 Å². The second-order valence-electron chi connectivity index (χ2n) is 3.97. The van der Waals surface area contributed by atoms with E-state index in [2.05, 4.69) is 9.97 Å². The fourth-order valence-electron chi connectivity index (χ4n) is 1.81. The maximum absolute atomic E-state index is 5.77. The lowest BCUT2D eigenvalue weighted by Crippen LogP contribution is -2.46. The zero-order valence-electron chi connectivity index (χ0n) is 12.5. The number of rotatable bonds is 11. The van der Waals surface area contributed by atoms with Crippen molar-refractivity contribution < 1.29 is 18.0 Å². The molecule has 114 valence electrons. The Morgan fingerprint density at radius 2 is 1.50 bits per heavy atom. The van der Waals surface area contributed by atoms with E-state index < -0.39 is 8.80 Å². The fraction of sp³-hybridized carbons (Fsp3) is 0.692. The van der Waals surface area contributed by atoms with Crippen molar-refractivity contribution >= 4 is 8.80 Å². The molecule has 0 saturated carbocycles. The standard InChI is InChI=1S/C13H24N2O4Si/c1-4-17-20(18-5-2,19-6-3)12-8-11-16-13-14-9-7-10-15-13/h7,9-10H,4-6,8,11-12H2,1-3H3. The minimum Gasteiger partial charge on any atom is -0.463 e. The van der Waals surface area contributed by atoms with Gasteiger partial charge in [-0.25, -0.2) is 9.97 Å². The maximum atomic E-state index is 5.77. The topological polar surface area (TPSA) is 62.7 Å². The molecule has 0 saturated heterocycles. The highest BCUT2D eigenvalue weighted by atomic mass is 28.4. The highest BCUT2D eigenvalue weighted by Crippen LogP contribution is 2.18. The van der Waals surface area contributed by atoms with E-state index >= 15 is 0 Å². The first-order chi connectivity index (χ1) is 9.76. The molecule has 0 amide bonds. The van der Waals surface area contributed by atoms with Gasteiger partial charge in [0.25, 0.3) is 0 Å². The Labute approximate surface area is 121 Å². The van der Waals surface area contributed by atoms with Gasteiger partial charge in [0.2, 0.25) is 0 Å². The quantitative estimate of drug-likeness (QED) is 0.461. The molecule has 20 heavy (non-hydrogen) atoms. The van der Waals surface area contributed by atoms with Crippen LogP contribution in [0.4, 0.5) is 0 Å². The summed E-state index contributed by atoms with van der Waals surface area (Å²) in [5.74, 6) is 0. The van der Waals surface area contributed by atoms with Crippen molar-refractivity contribution in [2.45, 2.75) is 33.2 Å². The summed E-state index contributed by atoms with van der Waals surface area (Å²) in [4.78, 5) is 8.01. The Balaban J connectivity index is 2.40. The minimum absolute atomic E-state index is 0.393. The fourth-order valence-corrected chi connectivity index (χ4v) is 4.39. The van der Waals surface area contributed by atoms with Crippen LogP contribution >= 0.6 is 0 Å². The molecule has 0 aliphatic rings. The van der Waals surface area contributed by atoms with Crippen LogP contribution < -0.4 is 4.74 Å². The van der Waals surface area contributed by atoms with Crippen molar-refractivity contribution in [3.05, 3.63) is 18.5 Å². The smallest absolute Gasteiger partial charge is 0.463 e. The Kier molecular flexibility index (Phi) is 8.36. The Hall–Kier alpha value is -1.02. The van der Waals surface area contributed by atoms with Gasteiger partial charge in [-0.1, -0.05) is 0 Å². The molecule has 0 bridgehead atoms. The summed E-state index contributed by atoms with van der Waals surface area (Å²) < 4.78 is 22.8. The maximum Gasteiger partial charge on any atom is 0.501 e. The van der Waals surface area contributed by atoms with Crippen molar-refractivity contribution in [1.82, 2.24) is 9.97 Å². The van der Waals surface area contributed by atoms with Crippen LogP contribution in [0.1, 0.15) is 27.2 Å². The van der Waals surface area contributed by atoms with Crippen LogP contribution in [0.2, 0.25) is 6.04 Å². The van der Waals surface area contributed by atoms with Crippen LogP contribution in [0.25, 0.3) is 0 Å². The van der Waals surface area contributed by atoms with Crippen molar-refractivity contribution in [3.8, 4) is 6.01 Å². The average molecular weight is 300 g/mol. The van der Waals surface area contributed by atoms with Gasteiger partial charge in [-0.15, -0.1) is 0 Å². The zero-order chi connectivity index (χ0) is 14.7. The van der Waals surface area contributed by atoms with Crippen molar-refractivity contribution in [1.29, 1.82) is 0 Å². The number of hydrogen-bond donors (Lipinski definition) is 0. The van der Waals surface area contributed by atoms with Crippen molar-refractivity contribution in [3.63, 3.8) is 0 Å². The molecular weight excluding hydrogens is 276 g/mol. The van der Waals surface area contributed by atoms with Crippen molar-refractivity contribution in [2.24, 2.45) is 0 Å². The predicted molar refractivity (Wildman–Crippen MR) is 77.6 cm³/mol. The predicted octanol–water partition coefficient (Wildman–Crippen LogP) is 2.29. The Bertz CT molecular complexity index is 336. The van der Waals surface area contributed by atoms with Gasteiger partial charge in [0.1, 0.15) is 0 Å². The second kappa shape index (κ2) is 9.81. The van der Waals surface area contributed by atoms with E-state index in [1.165, 1.54) is 0 Å². The molecule has 0 unspecified atom stereocenters. The third-order valence-electron chi connectivity index (χ3n) is 2.49. The highest BCUT2D eigenvalue weighted by molar-refractivity contribution is 6.60. The van der Waals surface area contributed by atoms with Crippen LogP contribution in [-0.4, -0.2) is 45.2 Å². The van der Waals surface area contributed by atoms with Gasteiger partial charge in [0.05, 0.1) is 6.61 Å². The van der Waals surface area contributed by atoms with E-state index in [-0.39, 0.29) is 0 Å². The number of hydrogen-bond acceptors (Lipinski definition) is 6. The molecule has 0 aliphatic carbocycles. The van der Waals surface area contributed by atoms with Gasteiger partial charge in [-0.2, -0.15) is 0 Å². The van der Waals surface area contributed by atoms with E-state index in [4.69, 9.17) is 18.0 Å². The molecule has 0 N–H and O–H groups in total. The molecule has 0 aromatic carbocycles. The third kappa shape index (κ3) is 5.95. The molecule has 0 radical (unpaired) electrons. The third-order valence-corrected chi connectivity index (χ3v) is 5.64. The summed E-state index contributed by atoms with van der Waals surface area (Å²) in [6, 6.07) is 2.88. The summed E-state index contributed by atoms with van der Waals surface area (Å²) in [5.41, 5.74) is 0. The van der Waals surface area contributed by atoms with E-state index in [0.717, 1.165) is 12.5 Å². The summed E-state index contributed by atoms with van der Waals surface area (Å²) in [6.07, 6.45) is 4.09. The molecule has 6 nitrogen and oxygen atoms in total. The summed E-state index contributed by atoms with van der Waals surface area (Å²) >= 11 is 0. The van der Waals surface area contributed by atoms with E-state index in [1.807, 2.05) is 20.8 Å². The molecule has 0 aliphatic heterocycles. The molecule has 1 rings (SSSR count). The summed E-state index contributed by atoms with van der Waals surface area (Å²) in [6.45, 7) is 8.15. The van der Waals surface area contributed by atoms with Crippen LogP contribution in [0.3, 0.4) is 0 Å². The summed E-state index contributed by atoms with van der Waals surface area (Å²) in [5, 5.41) is 0. The Morgan fingerprint density at radius 3 is 2.00 bits per heavy atom. The first-order valence-electron chi connectivity index (χ1n) is 7.08. The lowest BCUT2D eigenvalue weighted by Gasteiger charge is -2.28. The lowest BCUT2D eigenvalue weighted by molar-refractivity contribution is 0.0695. The minimum atomic E-state index is -2.55. The van der Waals surface area contributed by atoms with Gasteiger partial charge in [0, 0.05) is 38.3 Å². The SMILES string of the molecule is CCO[Si](CCCOc1ncccn1)(OCC)OCC. The van der Waals surface area contributed by atoms with Crippen molar-refractivity contribution in [2.75, 3.05) is 26.4 Å². The van der Waals surface area contributed by atoms with Crippen LogP contribution in [-0.2, 0) is 13.3 Å². The van der Waals surface area contributed by atoms with Crippen LogP contribution in [0.5, 0.6) is 6.01 Å². The lowest BCUT2D eigenvalue weighted by atomic mass is 10.5. The monoisotopic (exact) mass is 300 g/mol. The van der Waals surface area contributed by atoms with Gasteiger partial charge in [-0.05, 0) is 33.3 Å². The second-order valence-corrected chi connectivity index (χ2v) is 6.70. The number of aromatic nitrogens is 2. The average Bonchev–Trinajstić information content (AvgIpc) is 2.46. The van der Waals surface area contributed by atoms with Gasteiger partial charge >= 0.3 is 14.8 Å². The largest absolute Gasteiger partial charge is 0.501 e. The van der Waals surface area contributed by atoms with E-state index in [0.29, 0.717) is 32.4 Å². The normalized spacial score (nSPS) is 11.6. The van der Waals surface area contributed by atoms with E-state index in [1.54, 1.807) is 18.5 Å². The molecule has 1 aromatic heterocycles. The first-order valence-corrected chi connectivity index (χ1v) is 9.01. The molecule has 0 spiro atoms. The number of nitrogens with zero attached hydrogens (tertiary/aromatic N) is 2. The molecule has 0 atom stereocenters. The molecule has 1 heterocycles. The molecule has 1 aromatic rings. The summed E-state index contributed by atoms with van der Waals surface area (Å²) in [7, 11) is -2.55. The van der Waals surface area contributed by atoms with Crippen LogP contribution in [0, 0.1) is 0 Å². The van der Waals surface area contributed by atoms with Gasteiger partial charge in [-0.3, -0.25) is 0 Å². The van der Waals surface area contributed by atoms with E-state index in [9.17, 15) is 0 Å².